The number of thioether (sulfide) groups is 1. The third kappa shape index (κ3) is 5.76. The smallest absolute Gasteiger partial charge is 0.240 e. The van der Waals surface area contributed by atoms with E-state index in [4.69, 9.17) is 5.73 Å². The zero-order chi connectivity index (χ0) is 15.9. The third-order valence-electron chi connectivity index (χ3n) is 2.97. The Bertz CT molecular complexity index is 547. The van der Waals surface area contributed by atoms with E-state index in [1.54, 1.807) is 19.1 Å². The van der Waals surface area contributed by atoms with Gasteiger partial charge in [0.05, 0.1) is 16.3 Å². The summed E-state index contributed by atoms with van der Waals surface area (Å²) in [5.74, 6) is 2.17. The number of anilines is 2. The van der Waals surface area contributed by atoms with Gasteiger partial charge in [-0.25, -0.2) is 13.1 Å². The maximum Gasteiger partial charge on any atom is 0.240 e. The van der Waals surface area contributed by atoms with Gasteiger partial charge in [-0.1, -0.05) is 13.8 Å². The summed E-state index contributed by atoms with van der Waals surface area (Å²) in [6.45, 7) is 6.32. The van der Waals surface area contributed by atoms with E-state index in [1.165, 1.54) is 6.07 Å². The number of sulfonamides is 1. The molecule has 4 N–H and O–H groups in total. The molecule has 7 heteroatoms. The van der Waals surface area contributed by atoms with E-state index < -0.39 is 10.0 Å². The Kier molecular flexibility index (Phi) is 7.34. The normalized spacial score (nSPS) is 13.1. The minimum absolute atomic E-state index is 0.233. The molecule has 0 saturated carbocycles. The van der Waals surface area contributed by atoms with Gasteiger partial charge in [-0.3, -0.25) is 0 Å². The average molecular weight is 332 g/mol. The first kappa shape index (κ1) is 18.1. The van der Waals surface area contributed by atoms with Crippen molar-refractivity contribution in [1.29, 1.82) is 0 Å². The van der Waals surface area contributed by atoms with E-state index in [0.717, 1.165) is 17.9 Å². The van der Waals surface area contributed by atoms with E-state index in [0.29, 0.717) is 17.9 Å². The summed E-state index contributed by atoms with van der Waals surface area (Å²) in [4.78, 5) is 0.233. The molecule has 0 amide bonds. The molecular weight excluding hydrogens is 306 g/mol. The van der Waals surface area contributed by atoms with Crippen LogP contribution < -0.4 is 15.8 Å². The number of nitrogens with one attached hydrogen (secondary N) is 2. The molecule has 0 heterocycles. The number of rotatable bonds is 9. The molecule has 5 nitrogen and oxygen atoms in total. The van der Waals surface area contributed by atoms with Crippen LogP contribution in [-0.4, -0.2) is 32.5 Å². The largest absolute Gasteiger partial charge is 0.397 e. The number of nitrogen functional groups attached to an aromatic ring is 1. The maximum absolute atomic E-state index is 12.0. The van der Waals surface area contributed by atoms with E-state index >= 15 is 0 Å². The molecule has 1 atom stereocenters. The van der Waals surface area contributed by atoms with Crippen LogP contribution >= 0.6 is 11.8 Å². The van der Waals surface area contributed by atoms with Gasteiger partial charge in [0.2, 0.25) is 10.0 Å². The van der Waals surface area contributed by atoms with Gasteiger partial charge < -0.3 is 11.1 Å². The van der Waals surface area contributed by atoms with Crippen molar-refractivity contribution in [1.82, 2.24) is 4.72 Å². The molecule has 120 valence electrons. The lowest BCUT2D eigenvalue weighted by Crippen LogP contribution is -2.23. The van der Waals surface area contributed by atoms with Crippen molar-refractivity contribution in [3.8, 4) is 0 Å². The summed E-state index contributed by atoms with van der Waals surface area (Å²) in [5.41, 5.74) is 7.15. The lowest BCUT2D eigenvalue weighted by atomic mass is 10.2. The van der Waals surface area contributed by atoms with Crippen LogP contribution in [0.3, 0.4) is 0 Å². The fourth-order valence-electron chi connectivity index (χ4n) is 1.84. The average Bonchev–Trinajstić information content (AvgIpc) is 2.41. The van der Waals surface area contributed by atoms with Crippen molar-refractivity contribution >= 4 is 33.2 Å². The molecule has 1 aromatic rings. The second-order valence-electron chi connectivity index (χ2n) is 4.78. The summed E-state index contributed by atoms with van der Waals surface area (Å²) < 4.78 is 26.5. The molecule has 0 spiro atoms. The zero-order valence-electron chi connectivity index (χ0n) is 12.8. The fourth-order valence-corrected chi connectivity index (χ4v) is 3.72. The van der Waals surface area contributed by atoms with Crippen LogP contribution in [0.5, 0.6) is 0 Å². The van der Waals surface area contributed by atoms with Crippen molar-refractivity contribution in [2.45, 2.75) is 38.1 Å². The molecule has 0 radical (unpaired) electrons. The Morgan fingerprint density at radius 1 is 1.33 bits per heavy atom. The van der Waals surface area contributed by atoms with Gasteiger partial charge in [-0.2, -0.15) is 11.8 Å². The predicted molar refractivity (Wildman–Crippen MR) is 92.4 cm³/mol. The fraction of sp³-hybridized carbons (Fsp3) is 0.571. The van der Waals surface area contributed by atoms with Crippen LogP contribution in [0, 0.1) is 0 Å². The molecule has 1 unspecified atom stereocenters. The number of nitrogens with two attached hydrogens (primary N) is 1. The van der Waals surface area contributed by atoms with Crippen LogP contribution in [0.1, 0.15) is 27.2 Å². The van der Waals surface area contributed by atoms with Crippen molar-refractivity contribution in [3.63, 3.8) is 0 Å². The van der Waals surface area contributed by atoms with Gasteiger partial charge in [0.25, 0.3) is 0 Å². The van der Waals surface area contributed by atoms with Gasteiger partial charge in [0, 0.05) is 12.6 Å². The summed E-state index contributed by atoms with van der Waals surface area (Å²) in [6, 6.07) is 4.98. The molecule has 0 saturated heterocycles. The van der Waals surface area contributed by atoms with Crippen molar-refractivity contribution in [2.24, 2.45) is 0 Å². The third-order valence-corrected chi connectivity index (χ3v) is 5.45. The van der Waals surface area contributed by atoms with Crippen LogP contribution in [0.15, 0.2) is 23.1 Å². The highest BCUT2D eigenvalue weighted by molar-refractivity contribution is 7.99. The zero-order valence-corrected chi connectivity index (χ0v) is 14.5. The van der Waals surface area contributed by atoms with Crippen LogP contribution in [-0.2, 0) is 10.0 Å². The molecule has 21 heavy (non-hydrogen) atoms. The van der Waals surface area contributed by atoms with Gasteiger partial charge in [0.1, 0.15) is 0 Å². The lowest BCUT2D eigenvalue weighted by Gasteiger charge is -2.17. The van der Waals surface area contributed by atoms with Crippen molar-refractivity contribution in [3.05, 3.63) is 18.2 Å². The van der Waals surface area contributed by atoms with Crippen LogP contribution in [0.2, 0.25) is 0 Å². The number of hydrogen-bond acceptors (Lipinski definition) is 5. The SMILES string of the molecule is CCNS(=O)(=O)c1ccc(N)c(NC(C)CCSCC)c1. The molecule has 1 rings (SSSR count). The molecule has 0 aliphatic carbocycles. The molecule has 0 aromatic heterocycles. The quantitative estimate of drug-likeness (QED) is 0.478. The lowest BCUT2D eigenvalue weighted by molar-refractivity contribution is 0.584. The van der Waals surface area contributed by atoms with Gasteiger partial charge in [-0.15, -0.1) is 0 Å². The van der Waals surface area contributed by atoms with Gasteiger partial charge >= 0.3 is 0 Å². The highest BCUT2D eigenvalue weighted by Gasteiger charge is 2.15. The molecule has 0 aliphatic rings. The molecule has 0 bridgehead atoms. The second kappa shape index (κ2) is 8.51. The Balaban J connectivity index is 2.83. The standard InChI is InChI=1S/C14H25N3O2S2/c1-4-16-21(18,19)12-6-7-13(15)14(10-12)17-11(3)8-9-20-5-2/h6-7,10-11,16-17H,4-5,8-9,15H2,1-3H3. The highest BCUT2D eigenvalue weighted by atomic mass is 32.2. The highest BCUT2D eigenvalue weighted by Crippen LogP contribution is 2.24. The van der Waals surface area contributed by atoms with Gasteiger partial charge in [-0.05, 0) is 43.0 Å². The Labute approximate surface area is 132 Å². The Morgan fingerprint density at radius 2 is 2.05 bits per heavy atom. The molecule has 1 aromatic carbocycles. The van der Waals surface area contributed by atoms with Gasteiger partial charge in [0.15, 0.2) is 0 Å². The molecule has 0 aliphatic heterocycles. The first-order chi connectivity index (χ1) is 9.90. The van der Waals surface area contributed by atoms with Crippen LogP contribution in [0.4, 0.5) is 11.4 Å². The predicted octanol–water partition coefficient (Wildman–Crippen LogP) is 2.51. The van der Waals surface area contributed by atoms with E-state index in [2.05, 4.69) is 23.9 Å². The summed E-state index contributed by atoms with van der Waals surface area (Å²) >= 11 is 1.89. The first-order valence-corrected chi connectivity index (χ1v) is 9.78. The topological polar surface area (TPSA) is 84.2 Å². The summed E-state index contributed by atoms with van der Waals surface area (Å²) in [6.07, 6.45) is 1.00. The monoisotopic (exact) mass is 331 g/mol. The summed E-state index contributed by atoms with van der Waals surface area (Å²) in [5, 5.41) is 3.29. The minimum atomic E-state index is -3.46. The van der Waals surface area contributed by atoms with Crippen LogP contribution in [0.25, 0.3) is 0 Å². The second-order valence-corrected chi connectivity index (χ2v) is 7.94. The first-order valence-electron chi connectivity index (χ1n) is 7.14. The Morgan fingerprint density at radius 3 is 2.67 bits per heavy atom. The maximum atomic E-state index is 12.0. The van der Waals surface area contributed by atoms with E-state index in [-0.39, 0.29) is 10.9 Å². The molecule has 0 fully saturated rings. The molecular formula is C14H25N3O2S2. The van der Waals surface area contributed by atoms with E-state index in [1.807, 2.05) is 11.8 Å². The van der Waals surface area contributed by atoms with E-state index in [9.17, 15) is 8.42 Å². The minimum Gasteiger partial charge on any atom is -0.397 e. The number of hydrogen-bond donors (Lipinski definition) is 3. The Hall–Kier alpha value is -0.920. The van der Waals surface area contributed by atoms with Crippen molar-refractivity contribution < 1.29 is 8.42 Å². The van der Waals surface area contributed by atoms with Crippen molar-refractivity contribution in [2.75, 3.05) is 29.1 Å². The number of benzene rings is 1. The summed E-state index contributed by atoms with van der Waals surface area (Å²) in [7, 11) is -3.46.